The van der Waals surface area contributed by atoms with E-state index >= 15 is 0 Å². The number of aliphatic carboxylic acids is 1. The molecule has 1 heterocycles. The molecule has 32 heavy (non-hydrogen) atoms. The predicted molar refractivity (Wildman–Crippen MR) is 126 cm³/mol. The Morgan fingerprint density at radius 1 is 1.22 bits per heavy atom. The molecule has 1 saturated carbocycles. The molecule has 0 aliphatic heterocycles. The van der Waals surface area contributed by atoms with Gasteiger partial charge in [-0.25, -0.2) is 18.0 Å². The van der Waals surface area contributed by atoms with Crippen LogP contribution in [0.5, 0.6) is 5.75 Å². The first-order chi connectivity index (χ1) is 15.1. The molecule has 0 unspecified atom stereocenters. The van der Waals surface area contributed by atoms with Crippen molar-refractivity contribution in [2.75, 3.05) is 23.7 Å². The molecule has 2 N–H and O–H groups in total. The Kier molecular flexibility index (Phi) is 7.84. The minimum absolute atomic E-state index is 0.0625. The number of thiophene rings is 1. The van der Waals surface area contributed by atoms with Crippen LogP contribution in [-0.4, -0.2) is 50.0 Å². The summed E-state index contributed by atoms with van der Waals surface area (Å²) in [6.45, 7) is -0.278. The molecule has 174 valence electrons. The lowest BCUT2D eigenvalue weighted by Gasteiger charge is -2.30. The highest BCUT2D eigenvalue weighted by Crippen LogP contribution is 2.46. The van der Waals surface area contributed by atoms with Crippen LogP contribution in [0.15, 0.2) is 28.7 Å². The predicted octanol–water partition coefficient (Wildman–Crippen LogP) is 4.69. The normalized spacial score (nSPS) is 14.8. The largest absolute Gasteiger partial charge is 0.479 e. The maximum atomic E-state index is 12.6. The Labute approximate surface area is 199 Å². The van der Waals surface area contributed by atoms with Crippen molar-refractivity contribution in [1.82, 2.24) is 0 Å². The average Bonchev–Trinajstić information content (AvgIpc) is 3.07. The SMILES string of the molecule is CS(=O)(=O)N(CC1CCCCC1)c1cccc(-c2sc(C(=O)O)c(OCC(=O)O)c2Br)c1. The highest BCUT2D eigenvalue weighted by Gasteiger charge is 2.27. The van der Waals surface area contributed by atoms with Crippen molar-refractivity contribution in [3.05, 3.63) is 33.6 Å². The topological polar surface area (TPSA) is 121 Å². The Morgan fingerprint density at radius 3 is 2.50 bits per heavy atom. The number of rotatable bonds is 9. The molecule has 1 fully saturated rings. The molecule has 0 amide bonds. The van der Waals surface area contributed by atoms with E-state index in [0.29, 0.717) is 33.1 Å². The zero-order valence-electron chi connectivity index (χ0n) is 17.4. The van der Waals surface area contributed by atoms with E-state index in [4.69, 9.17) is 9.84 Å². The van der Waals surface area contributed by atoms with Gasteiger partial charge in [0, 0.05) is 6.54 Å². The van der Waals surface area contributed by atoms with Gasteiger partial charge in [0.1, 0.15) is 0 Å². The van der Waals surface area contributed by atoms with Gasteiger partial charge in [0.25, 0.3) is 0 Å². The quantitative estimate of drug-likeness (QED) is 0.468. The van der Waals surface area contributed by atoms with Crippen LogP contribution >= 0.6 is 27.3 Å². The van der Waals surface area contributed by atoms with Gasteiger partial charge in [-0.05, 0) is 52.4 Å². The van der Waals surface area contributed by atoms with Crippen LogP contribution in [0.2, 0.25) is 0 Å². The van der Waals surface area contributed by atoms with E-state index in [9.17, 15) is 23.1 Å². The fourth-order valence-electron chi connectivity index (χ4n) is 3.82. The van der Waals surface area contributed by atoms with Crippen molar-refractivity contribution >= 4 is 54.9 Å². The van der Waals surface area contributed by atoms with Crippen molar-refractivity contribution < 1.29 is 33.0 Å². The maximum absolute atomic E-state index is 12.6. The summed E-state index contributed by atoms with van der Waals surface area (Å²) in [6, 6.07) is 6.88. The Hall–Kier alpha value is -2.11. The zero-order valence-corrected chi connectivity index (χ0v) is 20.6. The molecular formula is C21H24BrNO7S2. The van der Waals surface area contributed by atoms with Gasteiger partial charge in [-0.2, -0.15) is 0 Å². The van der Waals surface area contributed by atoms with E-state index in [1.165, 1.54) is 17.0 Å². The number of carboxylic acid groups (broad SMARTS) is 2. The van der Waals surface area contributed by atoms with Gasteiger partial charge in [0.2, 0.25) is 10.0 Å². The van der Waals surface area contributed by atoms with Crippen LogP contribution in [0, 0.1) is 5.92 Å². The summed E-state index contributed by atoms with van der Waals surface area (Å²) >= 11 is 4.27. The van der Waals surface area contributed by atoms with Gasteiger partial charge >= 0.3 is 11.9 Å². The van der Waals surface area contributed by atoms with Crippen LogP contribution in [0.1, 0.15) is 41.8 Å². The second-order valence-corrected chi connectivity index (χ2v) is 11.5. The van der Waals surface area contributed by atoms with Crippen molar-refractivity contribution in [2.24, 2.45) is 5.92 Å². The van der Waals surface area contributed by atoms with E-state index in [0.717, 1.165) is 37.0 Å². The van der Waals surface area contributed by atoms with Crippen LogP contribution in [0.4, 0.5) is 5.69 Å². The number of nitrogens with zero attached hydrogens (tertiary/aromatic N) is 1. The number of aromatic carboxylic acids is 1. The van der Waals surface area contributed by atoms with Crippen LogP contribution in [-0.2, 0) is 14.8 Å². The fraction of sp³-hybridized carbons (Fsp3) is 0.429. The summed E-state index contributed by atoms with van der Waals surface area (Å²) < 4.78 is 32.1. The van der Waals surface area contributed by atoms with Crippen molar-refractivity contribution in [3.63, 3.8) is 0 Å². The molecule has 0 spiro atoms. The summed E-state index contributed by atoms with van der Waals surface area (Å²) in [5, 5.41) is 18.4. The first kappa shape index (κ1) is 24.5. The molecule has 1 aliphatic carbocycles. The molecule has 1 aromatic heterocycles. The van der Waals surface area contributed by atoms with Crippen LogP contribution < -0.4 is 9.04 Å². The number of sulfonamides is 1. The summed E-state index contributed by atoms with van der Waals surface area (Å²) in [6.07, 6.45) is 6.55. The summed E-state index contributed by atoms with van der Waals surface area (Å²) in [5.74, 6) is -2.24. The molecule has 0 saturated heterocycles. The minimum atomic E-state index is -3.52. The monoisotopic (exact) mass is 545 g/mol. The molecule has 0 atom stereocenters. The molecule has 8 nitrogen and oxygen atoms in total. The van der Waals surface area contributed by atoms with E-state index in [2.05, 4.69) is 15.9 Å². The summed E-state index contributed by atoms with van der Waals surface area (Å²) in [7, 11) is -3.52. The number of halogens is 1. The summed E-state index contributed by atoms with van der Waals surface area (Å²) in [4.78, 5) is 22.9. The second-order valence-electron chi connectivity index (χ2n) is 7.74. The van der Waals surface area contributed by atoms with Crippen molar-refractivity contribution in [1.29, 1.82) is 0 Å². The molecule has 1 aliphatic rings. The van der Waals surface area contributed by atoms with Gasteiger partial charge in [0.05, 0.1) is 21.3 Å². The smallest absolute Gasteiger partial charge is 0.349 e. The number of hydrogen-bond donors (Lipinski definition) is 2. The second kappa shape index (κ2) is 10.2. The van der Waals surface area contributed by atoms with Gasteiger partial charge in [0.15, 0.2) is 17.2 Å². The lowest BCUT2D eigenvalue weighted by atomic mass is 9.89. The first-order valence-electron chi connectivity index (χ1n) is 10.1. The molecule has 11 heteroatoms. The molecule has 2 aromatic rings. The molecular weight excluding hydrogens is 522 g/mol. The Morgan fingerprint density at radius 2 is 1.91 bits per heavy atom. The van der Waals surface area contributed by atoms with E-state index in [1.807, 2.05) is 0 Å². The fourth-order valence-corrected chi connectivity index (χ4v) is 6.69. The summed E-state index contributed by atoms with van der Waals surface area (Å²) in [5.41, 5.74) is 1.10. The van der Waals surface area contributed by atoms with Gasteiger partial charge in [-0.15, -0.1) is 11.3 Å². The Balaban J connectivity index is 1.99. The number of hydrogen-bond acceptors (Lipinski definition) is 6. The third-order valence-corrected chi connectivity index (χ3v) is 8.68. The third kappa shape index (κ3) is 5.81. The van der Waals surface area contributed by atoms with Gasteiger partial charge in [-0.1, -0.05) is 31.4 Å². The van der Waals surface area contributed by atoms with Crippen LogP contribution in [0.3, 0.4) is 0 Å². The number of carbonyl (C=O) groups is 2. The van der Waals surface area contributed by atoms with Crippen LogP contribution in [0.25, 0.3) is 10.4 Å². The van der Waals surface area contributed by atoms with E-state index < -0.39 is 28.6 Å². The van der Waals surface area contributed by atoms with Crippen molar-refractivity contribution in [3.8, 4) is 16.2 Å². The number of anilines is 1. The van der Waals surface area contributed by atoms with Gasteiger partial charge < -0.3 is 14.9 Å². The molecule has 1 aromatic carbocycles. The third-order valence-electron chi connectivity index (χ3n) is 5.29. The highest BCUT2D eigenvalue weighted by molar-refractivity contribution is 9.10. The molecule has 0 radical (unpaired) electrons. The number of carboxylic acids is 2. The number of ether oxygens (including phenoxy) is 1. The van der Waals surface area contributed by atoms with Gasteiger partial charge in [-0.3, -0.25) is 4.31 Å². The first-order valence-corrected chi connectivity index (χ1v) is 13.5. The van der Waals surface area contributed by atoms with E-state index in [1.54, 1.807) is 24.3 Å². The average molecular weight is 546 g/mol. The molecule has 3 rings (SSSR count). The highest BCUT2D eigenvalue weighted by atomic mass is 79.9. The lowest BCUT2D eigenvalue weighted by Crippen LogP contribution is -2.35. The Bertz CT molecular complexity index is 1110. The number of benzene rings is 1. The molecule has 0 bridgehead atoms. The lowest BCUT2D eigenvalue weighted by molar-refractivity contribution is -0.139. The van der Waals surface area contributed by atoms with E-state index in [-0.39, 0.29) is 10.6 Å². The maximum Gasteiger partial charge on any atom is 0.349 e. The zero-order chi connectivity index (χ0) is 23.5. The standard InChI is InChI=1S/C21H24BrNO7S2/c1-32(28,29)23(11-13-6-3-2-4-7-13)15-9-5-8-14(10-15)19-17(22)18(30-12-16(24)25)20(31-19)21(26)27/h5,8-10,13H,2-4,6-7,11-12H2,1H3,(H,24,25)(H,26,27). The minimum Gasteiger partial charge on any atom is -0.479 e. The van der Waals surface area contributed by atoms with Crippen molar-refractivity contribution in [2.45, 2.75) is 32.1 Å².